The highest BCUT2D eigenvalue weighted by Gasteiger charge is 2.26. The van der Waals surface area contributed by atoms with Gasteiger partial charge in [-0.2, -0.15) is 5.10 Å². The lowest BCUT2D eigenvalue weighted by atomic mass is 10.2. The van der Waals surface area contributed by atoms with Gasteiger partial charge in [0.05, 0.1) is 12.8 Å². The highest BCUT2D eigenvalue weighted by molar-refractivity contribution is 8.55. The minimum absolute atomic E-state index is 0.283. The first-order valence-corrected chi connectivity index (χ1v) is 13.9. The van der Waals surface area contributed by atoms with E-state index in [4.69, 9.17) is 9.05 Å². The molecule has 30 heavy (non-hydrogen) atoms. The molecule has 1 N–H and O–H groups in total. The van der Waals surface area contributed by atoms with E-state index in [1.807, 2.05) is 31.2 Å². The van der Waals surface area contributed by atoms with Crippen molar-refractivity contribution in [3.8, 4) is 5.75 Å². The Labute approximate surface area is 186 Å². The summed E-state index contributed by atoms with van der Waals surface area (Å²) < 4.78 is 23.8. The lowest BCUT2D eigenvalue weighted by Gasteiger charge is -2.17. The van der Waals surface area contributed by atoms with Crippen molar-refractivity contribution < 1.29 is 18.4 Å². The van der Waals surface area contributed by atoms with Crippen molar-refractivity contribution in [2.75, 3.05) is 18.1 Å². The summed E-state index contributed by atoms with van der Waals surface area (Å²) in [6, 6.07) is 14.4. The van der Waals surface area contributed by atoms with Gasteiger partial charge in [-0.15, -0.1) is 11.8 Å². The Morgan fingerprint density at radius 2 is 1.97 bits per heavy atom. The van der Waals surface area contributed by atoms with Crippen molar-refractivity contribution in [1.29, 1.82) is 0 Å². The molecule has 0 radical (unpaired) electrons. The van der Waals surface area contributed by atoms with E-state index in [0.29, 0.717) is 29.2 Å². The molecule has 6 nitrogen and oxygen atoms in total. The number of hydrogen-bond donors (Lipinski definition) is 1. The number of hydrazone groups is 1. The quantitative estimate of drug-likeness (QED) is 0.173. The first kappa shape index (κ1) is 24.5. The summed E-state index contributed by atoms with van der Waals surface area (Å²) in [7, 11) is 0. The first-order chi connectivity index (χ1) is 14.5. The maximum absolute atomic E-state index is 12.8. The number of carbonyl (C=O) groups is 1. The molecular formula is C21H27N2O4PS2. The molecule has 1 unspecified atom stereocenters. The van der Waals surface area contributed by atoms with Crippen LogP contribution >= 0.6 is 29.9 Å². The summed E-state index contributed by atoms with van der Waals surface area (Å²) in [4.78, 5) is 13.3. The van der Waals surface area contributed by atoms with Crippen LogP contribution in [0, 0.1) is 0 Å². The van der Waals surface area contributed by atoms with Crippen LogP contribution in [-0.4, -0.2) is 30.2 Å². The zero-order valence-corrected chi connectivity index (χ0v) is 19.9. The van der Waals surface area contributed by atoms with Crippen LogP contribution < -0.4 is 9.95 Å². The third-order valence-electron chi connectivity index (χ3n) is 3.60. The van der Waals surface area contributed by atoms with Gasteiger partial charge in [-0.25, -0.2) is 9.99 Å². The topological polar surface area (TPSA) is 77.0 Å². The molecule has 0 heterocycles. The van der Waals surface area contributed by atoms with Crippen molar-refractivity contribution in [2.24, 2.45) is 5.10 Å². The van der Waals surface area contributed by atoms with Gasteiger partial charge in [0.25, 0.3) is 5.91 Å². The van der Waals surface area contributed by atoms with E-state index in [-0.39, 0.29) is 5.91 Å². The predicted octanol–water partition coefficient (Wildman–Crippen LogP) is 6.23. The Balaban J connectivity index is 2.02. The van der Waals surface area contributed by atoms with Crippen LogP contribution in [-0.2, 0) is 9.09 Å². The summed E-state index contributed by atoms with van der Waals surface area (Å²) >= 11 is 2.87. The van der Waals surface area contributed by atoms with E-state index in [1.165, 1.54) is 17.6 Å². The molecule has 2 aromatic carbocycles. The zero-order chi connectivity index (χ0) is 21.8. The smallest absolute Gasteiger partial charge is 0.417 e. The van der Waals surface area contributed by atoms with Crippen molar-refractivity contribution in [3.63, 3.8) is 0 Å². The summed E-state index contributed by atoms with van der Waals surface area (Å²) in [6.45, 7) is 2.89. The second kappa shape index (κ2) is 12.8. The normalized spacial score (nSPS) is 13.2. The molecule has 1 amide bonds. The maximum Gasteiger partial charge on any atom is 0.440 e. The van der Waals surface area contributed by atoms with Gasteiger partial charge in [0, 0.05) is 16.2 Å². The molecule has 2 rings (SSSR count). The average molecular weight is 467 g/mol. The molecular weight excluding hydrogens is 439 g/mol. The third kappa shape index (κ3) is 8.19. The molecule has 2 aromatic rings. The molecule has 0 aliphatic carbocycles. The number of nitrogens with one attached hydrogen (secondary N) is 1. The Hall–Kier alpha value is -1.73. The van der Waals surface area contributed by atoms with E-state index in [1.54, 1.807) is 43.0 Å². The Morgan fingerprint density at radius 1 is 1.17 bits per heavy atom. The minimum Gasteiger partial charge on any atom is -0.417 e. The first-order valence-electron chi connectivity index (χ1n) is 9.74. The molecule has 0 saturated heterocycles. The van der Waals surface area contributed by atoms with Crippen LogP contribution in [0.5, 0.6) is 5.75 Å². The summed E-state index contributed by atoms with van der Waals surface area (Å²) in [5.74, 6) is 1.76. The monoisotopic (exact) mass is 466 g/mol. The fraction of sp³-hybridized carbons (Fsp3) is 0.333. The Morgan fingerprint density at radius 3 is 2.70 bits per heavy atom. The van der Waals surface area contributed by atoms with E-state index < -0.39 is 6.80 Å². The predicted molar refractivity (Wildman–Crippen MR) is 127 cm³/mol. The number of nitrogens with zero attached hydrogens (tertiary/aromatic N) is 1. The van der Waals surface area contributed by atoms with Crippen LogP contribution in [0.25, 0.3) is 0 Å². The van der Waals surface area contributed by atoms with Gasteiger partial charge in [-0.1, -0.05) is 32.0 Å². The molecule has 0 aromatic heterocycles. The lowest BCUT2D eigenvalue weighted by molar-refractivity contribution is 0.0955. The molecule has 9 heteroatoms. The highest BCUT2D eigenvalue weighted by atomic mass is 32.7. The summed E-state index contributed by atoms with van der Waals surface area (Å²) in [6.07, 6.45) is 2.39. The van der Waals surface area contributed by atoms with Gasteiger partial charge >= 0.3 is 6.80 Å². The number of carbonyl (C=O) groups excluding carboxylic acids is 1. The fourth-order valence-corrected chi connectivity index (χ4v) is 6.52. The van der Waals surface area contributed by atoms with Crippen molar-refractivity contribution in [2.45, 2.75) is 32.1 Å². The van der Waals surface area contributed by atoms with Gasteiger partial charge in [0.1, 0.15) is 5.75 Å². The Bertz CT molecular complexity index is 908. The average Bonchev–Trinajstić information content (AvgIpc) is 2.73. The van der Waals surface area contributed by atoms with Crippen molar-refractivity contribution in [3.05, 3.63) is 59.7 Å². The van der Waals surface area contributed by atoms with E-state index in [2.05, 4.69) is 17.5 Å². The van der Waals surface area contributed by atoms with Gasteiger partial charge in [-0.05, 0) is 66.4 Å². The molecule has 0 aliphatic heterocycles. The molecule has 162 valence electrons. The second-order valence-electron chi connectivity index (χ2n) is 6.02. The van der Waals surface area contributed by atoms with Gasteiger partial charge < -0.3 is 4.52 Å². The van der Waals surface area contributed by atoms with Gasteiger partial charge in [0.2, 0.25) is 0 Å². The number of benzene rings is 2. The fourth-order valence-electron chi connectivity index (χ4n) is 2.36. The summed E-state index contributed by atoms with van der Waals surface area (Å²) in [5.41, 5.74) is 3.78. The van der Waals surface area contributed by atoms with E-state index in [9.17, 15) is 9.36 Å². The standard InChI is InChI=1S/C21H27N2O4PS2/c1-4-13-30-28(25,26-5-2)27-19-11-7-9-17(14-19)16-22-23-21(24)18-10-8-12-20(15-18)29-6-3/h7-12,14-16H,4-6,13H2,1-3H3,(H,23,24). The zero-order valence-electron chi connectivity index (χ0n) is 17.4. The van der Waals surface area contributed by atoms with Crippen LogP contribution in [0.4, 0.5) is 0 Å². The molecule has 0 fully saturated rings. The number of rotatable bonds is 12. The van der Waals surface area contributed by atoms with Gasteiger partial charge in [-0.3, -0.25) is 9.32 Å². The molecule has 0 spiro atoms. The van der Waals surface area contributed by atoms with E-state index in [0.717, 1.165) is 17.1 Å². The third-order valence-corrected chi connectivity index (χ3v) is 8.43. The summed E-state index contributed by atoms with van der Waals surface area (Å²) in [5, 5.41) is 4.02. The number of amides is 1. The molecule has 0 bridgehead atoms. The molecule has 0 aliphatic rings. The number of thioether (sulfide) groups is 1. The van der Waals surface area contributed by atoms with Crippen LogP contribution in [0.3, 0.4) is 0 Å². The minimum atomic E-state index is -3.27. The lowest BCUT2D eigenvalue weighted by Crippen LogP contribution is -2.17. The number of hydrogen-bond acceptors (Lipinski definition) is 7. The van der Waals surface area contributed by atoms with Crippen LogP contribution in [0.2, 0.25) is 0 Å². The van der Waals surface area contributed by atoms with Gasteiger partial charge in [0.15, 0.2) is 0 Å². The van der Waals surface area contributed by atoms with Crippen LogP contribution in [0.15, 0.2) is 58.5 Å². The van der Waals surface area contributed by atoms with E-state index >= 15 is 0 Å². The van der Waals surface area contributed by atoms with Crippen molar-refractivity contribution >= 4 is 42.1 Å². The van der Waals surface area contributed by atoms with Crippen LogP contribution in [0.1, 0.15) is 43.1 Å². The maximum atomic E-state index is 12.8. The second-order valence-corrected chi connectivity index (χ2v) is 11.5. The molecule has 0 saturated carbocycles. The largest absolute Gasteiger partial charge is 0.440 e. The highest BCUT2D eigenvalue weighted by Crippen LogP contribution is 2.60. The molecule has 1 atom stereocenters. The van der Waals surface area contributed by atoms with Crippen molar-refractivity contribution in [1.82, 2.24) is 5.43 Å². The SMILES string of the molecule is CCCSP(=O)(OCC)Oc1cccc(C=NNC(=O)c2cccc(SCC)c2)c1. The Kier molecular flexibility index (Phi) is 10.5.